The SMILES string of the molecule is Cc1cc(Nc2ncnc3cc4c(c(F)c23)N2CCN(C)C[C@H]2CO4)ccc1Oc1ccn2ncnc2c1. The van der Waals surface area contributed by atoms with Crippen molar-refractivity contribution in [3.05, 3.63) is 66.6 Å². The van der Waals surface area contributed by atoms with Gasteiger partial charge in [-0.1, -0.05) is 0 Å². The Hall–Kier alpha value is -4.51. The van der Waals surface area contributed by atoms with Crippen LogP contribution in [0.2, 0.25) is 0 Å². The molecular formula is C27H25FN8O2. The van der Waals surface area contributed by atoms with Gasteiger partial charge in [0.15, 0.2) is 11.5 Å². The number of aromatic nitrogens is 5. The number of ether oxygens (including phenoxy) is 2. The molecular weight excluding hydrogens is 487 g/mol. The minimum atomic E-state index is -0.365. The molecule has 1 saturated heterocycles. The molecule has 11 heteroatoms. The maximum Gasteiger partial charge on any atom is 0.163 e. The second kappa shape index (κ2) is 8.80. The first-order chi connectivity index (χ1) is 18.5. The number of hydrogen-bond acceptors (Lipinski definition) is 9. The van der Waals surface area contributed by atoms with Crippen LogP contribution < -0.4 is 19.7 Å². The van der Waals surface area contributed by atoms with Crippen LogP contribution in [0.5, 0.6) is 17.2 Å². The summed E-state index contributed by atoms with van der Waals surface area (Å²) in [6.45, 7) is 4.91. The predicted octanol–water partition coefficient (Wildman–Crippen LogP) is 4.17. The Morgan fingerprint density at radius 2 is 2.00 bits per heavy atom. The fraction of sp³-hybridized carbons (Fsp3) is 0.259. The maximum atomic E-state index is 16.2. The molecule has 1 atom stereocenters. The van der Waals surface area contributed by atoms with E-state index in [2.05, 4.69) is 42.2 Å². The van der Waals surface area contributed by atoms with E-state index in [-0.39, 0.29) is 11.9 Å². The quantitative estimate of drug-likeness (QED) is 0.381. The summed E-state index contributed by atoms with van der Waals surface area (Å²) in [7, 11) is 2.08. The third-order valence-electron chi connectivity index (χ3n) is 7.13. The van der Waals surface area contributed by atoms with E-state index in [1.165, 1.54) is 12.7 Å². The van der Waals surface area contributed by atoms with E-state index < -0.39 is 0 Å². The molecule has 3 aromatic heterocycles. The van der Waals surface area contributed by atoms with Crippen molar-refractivity contribution < 1.29 is 13.9 Å². The van der Waals surface area contributed by atoms with Crippen molar-refractivity contribution in [2.24, 2.45) is 0 Å². The predicted molar refractivity (Wildman–Crippen MR) is 141 cm³/mol. The Labute approximate surface area is 217 Å². The zero-order chi connectivity index (χ0) is 25.8. The summed E-state index contributed by atoms with van der Waals surface area (Å²) in [4.78, 5) is 17.3. The number of benzene rings is 2. The van der Waals surface area contributed by atoms with Crippen LogP contribution >= 0.6 is 0 Å². The largest absolute Gasteiger partial charge is 0.489 e. The number of pyridine rings is 1. The molecule has 0 radical (unpaired) electrons. The number of likely N-dealkylation sites (N-methyl/N-ethyl adjacent to an activating group) is 1. The lowest BCUT2D eigenvalue weighted by Crippen LogP contribution is -2.56. The van der Waals surface area contributed by atoms with E-state index in [0.717, 1.165) is 30.9 Å². The number of rotatable bonds is 4. The van der Waals surface area contributed by atoms with Gasteiger partial charge in [0.1, 0.15) is 48.0 Å². The Bertz CT molecular complexity index is 1690. The van der Waals surface area contributed by atoms with Crippen molar-refractivity contribution in [1.82, 2.24) is 29.5 Å². The summed E-state index contributed by atoms with van der Waals surface area (Å²) < 4.78 is 29.9. The summed E-state index contributed by atoms with van der Waals surface area (Å²) in [6.07, 6.45) is 4.73. The van der Waals surface area contributed by atoms with Crippen LogP contribution in [-0.2, 0) is 0 Å². The first-order valence-corrected chi connectivity index (χ1v) is 12.4. The molecule has 192 valence electrons. The third kappa shape index (κ3) is 3.82. The van der Waals surface area contributed by atoms with Gasteiger partial charge in [0.05, 0.1) is 16.9 Å². The molecule has 1 fully saturated rings. The fourth-order valence-corrected chi connectivity index (χ4v) is 5.22. The van der Waals surface area contributed by atoms with Gasteiger partial charge in [-0.15, -0.1) is 0 Å². The standard InChI is InChI=1S/C27H25FN8O2/c1-16-9-17(3-4-21(16)38-19-5-6-36-23(10-19)30-15-32-36)33-27-24-20(29-14-31-27)11-22-26(25(24)28)35-8-7-34(2)12-18(35)13-37-22/h3-6,9-11,14-15,18H,7-8,12-13H2,1-2H3,(H,29,31,33)/t18-/m0/s1. The molecule has 7 rings (SSSR count). The number of halogens is 1. The average molecular weight is 513 g/mol. The van der Waals surface area contributed by atoms with E-state index >= 15 is 4.39 Å². The van der Waals surface area contributed by atoms with Crippen LogP contribution in [0.1, 0.15) is 5.56 Å². The number of nitrogens with zero attached hydrogens (tertiary/aromatic N) is 7. The average Bonchev–Trinajstić information content (AvgIpc) is 3.38. The van der Waals surface area contributed by atoms with Gasteiger partial charge in [0.2, 0.25) is 0 Å². The molecule has 0 spiro atoms. The van der Waals surface area contributed by atoms with Gasteiger partial charge in [0.25, 0.3) is 0 Å². The summed E-state index contributed by atoms with van der Waals surface area (Å²) in [6, 6.07) is 11.3. The number of aryl methyl sites for hydroxylation is 1. The molecule has 5 heterocycles. The maximum absolute atomic E-state index is 16.2. The van der Waals surface area contributed by atoms with Gasteiger partial charge in [-0.3, -0.25) is 0 Å². The second-order valence-electron chi connectivity index (χ2n) is 9.71. The number of hydrogen-bond donors (Lipinski definition) is 1. The summed E-state index contributed by atoms with van der Waals surface area (Å²) in [5.74, 6) is 1.92. The third-order valence-corrected chi connectivity index (χ3v) is 7.13. The molecule has 0 amide bonds. The van der Waals surface area contributed by atoms with Crippen molar-refractivity contribution in [2.75, 3.05) is 43.5 Å². The lowest BCUT2D eigenvalue weighted by atomic mass is 10.1. The zero-order valence-corrected chi connectivity index (χ0v) is 20.9. The summed E-state index contributed by atoms with van der Waals surface area (Å²) >= 11 is 0. The van der Waals surface area contributed by atoms with E-state index in [0.29, 0.717) is 51.9 Å². The van der Waals surface area contributed by atoms with E-state index in [1.54, 1.807) is 10.7 Å². The van der Waals surface area contributed by atoms with Crippen molar-refractivity contribution in [1.29, 1.82) is 0 Å². The monoisotopic (exact) mass is 512 g/mol. The van der Waals surface area contributed by atoms with Crippen LogP contribution in [0.3, 0.4) is 0 Å². The molecule has 2 aromatic carbocycles. The lowest BCUT2D eigenvalue weighted by Gasteiger charge is -2.44. The first-order valence-electron chi connectivity index (χ1n) is 12.4. The summed E-state index contributed by atoms with van der Waals surface area (Å²) in [5, 5.41) is 7.74. The highest BCUT2D eigenvalue weighted by Crippen LogP contribution is 2.43. The van der Waals surface area contributed by atoms with Crippen molar-refractivity contribution in [3.63, 3.8) is 0 Å². The molecule has 0 unspecified atom stereocenters. The molecule has 2 aliphatic heterocycles. The topological polar surface area (TPSA) is 92.9 Å². The smallest absolute Gasteiger partial charge is 0.163 e. The zero-order valence-electron chi connectivity index (χ0n) is 20.9. The second-order valence-corrected chi connectivity index (χ2v) is 9.71. The highest BCUT2D eigenvalue weighted by molar-refractivity contribution is 5.96. The Morgan fingerprint density at radius 1 is 1.08 bits per heavy atom. The van der Waals surface area contributed by atoms with Crippen molar-refractivity contribution in [3.8, 4) is 17.2 Å². The number of anilines is 3. The normalized spacial score (nSPS) is 17.2. The van der Waals surface area contributed by atoms with Gasteiger partial charge in [0, 0.05) is 43.7 Å². The van der Waals surface area contributed by atoms with Gasteiger partial charge in [-0.2, -0.15) is 5.10 Å². The van der Waals surface area contributed by atoms with Crippen LogP contribution in [-0.4, -0.2) is 68.8 Å². The number of fused-ring (bicyclic) bond motifs is 5. The molecule has 0 aliphatic carbocycles. The van der Waals surface area contributed by atoms with Crippen LogP contribution in [0.25, 0.3) is 16.6 Å². The number of nitrogens with one attached hydrogen (secondary N) is 1. The highest BCUT2D eigenvalue weighted by atomic mass is 19.1. The van der Waals surface area contributed by atoms with Crippen LogP contribution in [0.15, 0.2) is 55.2 Å². The Kier molecular flexibility index (Phi) is 5.25. The van der Waals surface area contributed by atoms with Crippen molar-refractivity contribution >= 4 is 33.7 Å². The van der Waals surface area contributed by atoms with Gasteiger partial charge in [-0.25, -0.2) is 23.9 Å². The minimum Gasteiger partial charge on any atom is -0.489 e. The fourth-order valence-electron chi connectivity index (χ4n) is 5.22. The molecule has 5 aromatic rings. The van der Waals surface area contributed by atoms with Crippen molar-refractivity contribution in [2.45, 2.75) is 13.0 Å². The Morgan fingerprint density at radius 3 is 2.89 bits per heavy atom. The molecule has 38 heavy (non-hydrogen) atoms. The van der Waals surface area contributed by atoms with Gasteiger partial charge in [-0.05, 0) is 43.8 Å². The number of piperazine rings is 1. The van der Waals surface area contributed by atoms with Gasteiger partial charge >= 0.3 is 0 Å². The van der Waals surface area contributed by atoms with Crippen LogP contribution in [0, 0.1) is 12.7 Å². The van der Waals surface area contributed by atoms with Crippen LogP contribution in [0.4, 0.5) is 21.6 Å². The minimum absolute atomic E-state index is 0.106. The first kappa shape index (κ1) is 22.7. The van der Waals surface area contributed by atoms with Gasteiger partial charge < -0.3 is 24.6 Å². The van der Waals surface area contributed by atoms with E-state index in [1.807, 2.05) is 43.3 Å². The Balaban J connectivity index is 1.20. The van der Waals surface area contributed by atoms with E-state index in [4.69, 9.17) is 9.47 Å². The highest BCUT2D eigenvalue weighted by Gasteiger charge is 2.35. The lowest BCUT2D eigenvalue weighted by molar-refractivity contribution is 0.187. The molecule has 0 bridgehead atoms. The summed E-state index contributed by atoms with van der Waals surface area (Å²) in [5.41, 5.74) is 3.34. The molecule has 10 nitrogen and oxygen atoms in total. The molecule has 0 saturated carbocycles. The van der Waals surface area contributed by atoms with E-state index in [9.17, 15) is 0 Å². The molecule has 2 aliphatic rings. The molecule has 1 N–H and O–H groups in total.